The van der Waals surface area contributed by atoms with E-state index in [1.807, 2.05) is 36.4 Å². The summed E-state index contributed by atoms with van der Waals surface area (Å²) in [6.45, 7) is 0. The summed E-state index contributed by atoms with van der Waals surface area (Å²) >= 11 is 0. The average molecular weight is 204 g/mol. The predicted molar refractivity (Wildman–Crippen MR) is 63.9 cm³/mol. The van der Waals surface area contributed by atoms with Gasteiger partial charge in [-0.1, -0.05) is 48.5 Å². The molecule has 0 aliphatic rings. The molecule has 0 bridgehead atoms. The lowest BCUT2D eigenvalue weighted by Gasteiger charge is -1.82. The molecule has 0 radical (unpaired) electrons. The normalized spacial score (nSPS) is 8.64. The van der Waals surface area contributed by atoms with Gasteiger partial charge in [-0.2, -0.15) is 0 Å². The van der Waals surface area contributed by atoms with Gasteiger partial charge in [-0.05, 0) is 17.4 Å². The van der Waals surface area contributed by atoms with E-state index in [-0.39, 0.29) is 0 Å². The quantitative estimate of drug-likeness (QED) is 0.654. The SMILES string of the molecule is Oc1ccccc1.Pc1ccccc1. The number of phenols is 1. The van der Waals surface area contributed by atoms with Crippen molar-refractivity contribution in [2.45, 2.75) is 0 Å². The molecule has 0 fully saturated rings. The van der Waals surface area contributed by atoms with Gasteiger partial charge in [0.15, 0.2) is 0 Å². The summed E-state index contributed by atoms with van der Waals surface area (Å²) in [5.41, 5.74) is 0. The van der Waals surface area contributed by atoms with Crippen molar-refractivity contribution in [1.82, 2.24) is 0 Å². The zero-order chi connectivity index (χ0) is 10.2. The first-order chi connectivity index (χ1) is 6.79. The highest BCUT2D eigenvalue weighted by atomic mass is 31.0. The van der Waals surface area contributed by atoms with Crippen molar-refractivity contribution in [3.8, 4) is 5.75 Å². The third-order valence-electron chi connectivity index (χ3n) is 1.56. The van der Waals surface area contributed by atoms with Crippen LogP contribution in [0.4, 0.5) is 0 Å². The maximum absolute atomic E-state index is 8.63. The van der Waals surface area contributed by atoms with Crippen LogP contribution in [-0.4, -0.2) is 5.11 Å². The minimum absolute atomic E-state index is 0.322. The largest absolute Gasteiger partial charge is 0.508 e. The van der Waals surface area contributed by atoms with Crippen LogP contribution >= 0.6 is 9.24 Å². The lowest BCUT2D eigenvalue weighted by atomic mass is 10.3. The molecule has 0 amide bonds. The van der Waals surface area contributed by atoms with Crippen LogP contribution in [0.2, 0.25) is 0 Å². The summed E-state index contributed by atoms with van der Waals surface area (Å²) in [7, 11) is 2.63. The Balaban J connectivity index is 0.000000140. The van der Waals surface area contributed by atoms with Gasteiger partial charge in [-0.15, -0.1) is 9.24 Å². The Bertz CT molecular complexity index is 308. The molecule has 2 aromatic carbocycles. The molecule has 1 atom stereocenters. The fraction of sp³-hybridized carbons (Fsp3) is 0. The molecule has 72 valence electrons. The highest BCUT2D eigenvalue weighted by Gasteiger charge is 1.74. The fourth-order valence-electron chi connectivity index (χ4n) is 0.881. The van der Waals surface area contributed by atoms with Crippen molar-refractivity contribution in [2.75, 3.05) is 0 Å². The van der Waals surface area contributed by atoms with Crippen molar-refractivity contribution < 1.29 is 5.11 Å². The van der Waals surface area contributed by atoms with Gasteiger partial charge in [-0.25, -0.2) is 0 Å². The van der Waals surface area contributed by atoms with E-state index in [9.17, 15) is 0 Å². The highest BCUT2D eigenvalue weighted by Crippen LogP contribution is 2.02. The van der Waals surface area contributed by atoms with Crippen LogP contribution in [0, 0.1) is 0 Å². The smallest absolute Gasteiger partial charge is 0.115 e. The van der Waals surface area contributed by atoms with Crippen molar-refractivity contribution >= 4 is 14.5 Å². The first-order valence-electron chi connectivity index (χ1n) is 4.33. The Labute approximate surface area is 86.6 Å². The van der Waals surface area contributed by atoms with E-state index in [1.165, 1.54) is 5.30 Å². The molecule has 0 heterocycles. The molecule has 1 N–H and O–H groups in total. The topological polar surface area (TPSA) is 20.2 Å². The Kier molecular flexibility index (Phi) is 4.74. The number of aromatic hydroxyl groups is 1. The summed E-state index contributed by atoms with van der Waals surface area (Å²) in [6, 6.07) is 18.8. The molecule has 1 unspecified atom stereocenters. The average Bonchev–Trinajstić information content (AvgIpc) is 2.21. The number of benzene rings is 2. The summed E-state index contributed by atoms with van der Waals surface area (Å²) in [5, 5.41) is 9.87. The number of hydrogen-bond donors (Lipinski definition) is 1. The molecule has 0 aromatic heterocycles. The number of rotatable bonds is 0. The maximum atomic E-state index is 8.63. The van der Waals surface area contributed by atoms with E-state index >= 15 is 0 Å². The molecule has 2 heteroatoms. The Morgan fingerprint density at radius 3 is 1.36 bits per heavy atom. The van der Waals surface area contributed by atoms with Gasteiger partial charge >= 0.3 is 0 Å². The van der Waals surface area contributed by atoms with Gasteiger partial charge in [0.1, 0.15) is 5.75 Å². The maximum Gasteiger partial charge on any atom is 0.115 e. The number of para-hydroxylation sites is 1. The lowest BCUT2D eigenvalue weighted by molar-refractivity contribution is 0.475. The molecule has 0 aliphatic heterocycles. The summed E-state index contributed by atoms with van der Waals surface area (Å²) in [5.74, 6) is 0.322. The van der Waals surface area contributed by atoms with Crippen LogP contribution in [0.25, 0.3) is 0 Å². The first-order valence-corrected chi connectivity index (χ1v) is 4.91. The third-order valence-corrected chi connectivity index (χ3v) is 1.94. The second kappa shape index (κ2) is 6.17. The van der Waals surface area contributed by atoms with Gasteiger partial charge in [0.2, 0.25) is 0 Å². The van der Waals surface area contributed by atoms with Gasteiger partial charge < -0.3 is 5.11 Å². The van der Waals surface area contributed by atoms with Crippen molar-refractivity contribution in [2.24, 2.45) is 0 Å². The number of phenolic OH excluding ortho intramolecular Hbond substituents is 1. The zero-order valence-corrected chi connectivity index (χ0v) is 8.95. The molecular formula is C12H13OP. The van der Waals surface area contributed by atoms with Crippen molar-refractivity contribution in [3.63, 3.8) is 0 Å². The second-order valence-corrected chi connectivity index (χ2v) is 3.41. The standard InChI is InChI=1S/C6H6O.C6H7P/c2*7-6-4-2-1-3-5-6/h1-5,7H;1-5H,7H2. The molecule has 0 saturated carbocycles. The van der Waals surface area contributed by atoms with Crippen LogP contribution < -0.4 is 5.30 Å². The van der Waals surface area contributed by atoms with E-state index in [2.05, 4.69) is 9.24 Å². The molecule has 14 heavy (non-hydrogen) atoms. The summed E-state index contributed by atoms with van der Waals surface area (Å²) in [6.07, 6.45) is 0. The Hall–Kier alpha value is -1.33. The summed E-state index contributed by atoms with van der Waals surface area (Å²) in [4.78, 5) is 0. The third kappa shape index (κ3) is 4.64. The zero-order valence-electron chi connectivity index (χ0n) is 7.80. The number of hydrogen-bond acceptors (Lipinski definition) is 1. The molecule has 1 nitrogen and oxygen atoms in total. The second-order valence-electron chi connectivity index (χ2n) is 2.75. The van der Waals surface area contributed by atoms with Gasteiger partial charge in [0.25, 0.3) is 0 Å². The first kappa shape index (κ1) is 10.7. The molecule has 2 rings (SSSR count). The van der Waals surface area contributed by atoms with E-state index in [4.69, 9.17) is 5.11 Å². The minimum Gasteiger partial charge on any atom is -0.508 e. The van der Waals surface area contributed by atoms with Crippen LogP contribution in [0.5, 0.6) is 5.75 Å². The molecule has 0 spiro atoms. The van der Waals surface area contributed by atoms with E-state index in [1.54, 1.807) is 24.3 Å². The van der Waals surface area contributed by atoms with Gasteiger partial charge in [0.05, 0.1) is 0 Å². The van der Waals surface area contributed by atoms with Crippen LogP contribution in [0.1, 0.15) is 0 Å². The molecule has 0 saturated heterocycles. The Morgan fingerprint density at radius 1 is 0.714 bits per heavy atom. The van der Waals surface area contributed by atoms with Crippen LogP contribution in [0.15, 0.2) is 60.7 Å². The molecule has 0 aliphatic carbocycles. The Morgan fingerprint density at radius 2 is 1.14 bits per heavy atom. The van der Waals surface area contributed by atoms with Crippen molar-refractivity contribution in [3.05, 3.63) is 60.7 Å². The lowest BCUT2D eigenvalue weighted by Crippen LogP contribution is -1.82. The summed E-state index contributed by atoms with van der Waals surface area (Å²) < 4.78 is 0. The molecular weight excluding hydrogens is 191 g/mol. The van der Waals surface area contributed by atoms with Crippen molar-refractivity contribution in [1.29, 1.82) is 0 Å². The van der Waals surface area contributed by atoms with E-state index < -0.39 is 0 Å². The van der Waals surface area contributed by atoms with Gasteiger partial charge in [-0.3, -0.25) is 0 Å². The van der Waals surface area contributed by atoms with E-state index in [0.29, 0.717) is 5.75 Å². The monoisotopic (exact) mass is 204 g/mol. The van der Waals surface area contributed by atoms with Crippen LogP contribution in [-0.2, 0) is 0 Å². The van der Waals surface area contributed by atoms with E-state index in [0.717, 1.165) is 0 Å². The predicted octanol–water partition coefficient (Wildman–Crippen LogP) is 2.58. The van der Waals surface area contributed by atoms with Crippen LogP contribution in [0.3, 0.4) is 0 Å². The minimum atomic E-state index is 0.322. The highest BCUT2D eigenvalue weighted by molar-refractivity contribution is 7.27. The fourth-order valence-corrected chi connectivity index (χ4v) is 1.10. The molecule has 2 aromatic rings. The van der Waals surface area contributed by atoms with Gasteiger partial charge in [0, 0.05) is 0 Å².